The van der Waals surface area contributed by atoms with Gasteiger partial charge in [-0.25, -0.2) is 0 Å². The number of aliphatic imine (C=N–C) groups is 1. The molecule has 104 valence electrons. The maximum Gasteiger partial charge on any atom is 0.305 e. The van der Waals surface area contributed by atoms with E-state index < -0.39 is 0 Å². The van der Waals surface area contributed by atoms with Crippen LogP contribution in [0, 0.1) is 0 Å². The third kappa shape index (κ3) is 5.89. The second kappa shape index (κ2) is 8.78. The van der Waals surface area contributed by atoms with Gasteiger partial charge < -0.3 is 15.4 Å². The number of unbranched alkanes of at least 4 members (excludes halogenated alkanes) is 1. The summed E-state index contributed by atoms with van der Waals surface area (Å²) in [5.74, 6) is 0.509. The molecule has 0 spiro atoms. The molecule has 1 heterocycles. The second-order valence-corrected chi connectivity index (χ2v) is 4.67. The van der Waals surface area contributed by atoms with E-state index in [4.69, 9.17) is 5.73 Å². The minimum atomic E-state index is -0.153. The fourth-order valence-electron chi connectivity index (χ4n) is 2.08. The van der Waals surface area contributed by atoms with Crippen molar-refractivity contribution in [3.8, 4) is 0 Å². The van der Waals surface area contributed by atoms with Crippen molar-refractivity contribution in [2.24, 2.45) is 10.7 Å². The number of hydrogen-bond acceptors (Lipinski definition) is 3. The van der Waals surface area contributed by atoms with E-state index in [0.717, 1.165) is 25.9 Å². The van der Waals surface area contributed by atoms with Crippen molar-refractivity contribution in [1.82, 2.24) is 4.90 Å². The minimum absolute atomic E-state index is 0.153. The van der Waals surface area contributed by atoms with Crippen LogP contribution in [0.2, 0.25) is 0 Å². The molecule has 5 nitrogen and oxygen atoms in total. The van der Waals surface area contributed by atoms with Crippen LogP contribution in [0.1, 0.15) is 44.9 Å². The van der Waals surface area contributed by atoms with Crippen molar-refractivity contribution in [1.29, 1.82) is 0 Å². The summed E-state index contributed by atoms with van der Waals surface area (Å²) >= 11 is 0. The summed E-state index contributed by atoms with van der Waals surface area (Å²) < 4.78 is 4.58. The Kier molecular flexibility index (Phi) is 7.22. The number of ether oxygens (including phenoxy) is 1. The molecule has 0 aliphatic carbocycles. The van der Waals surface area contributed by atoms with Gasteiger partial charge in [0.25, 0.3) is 0 Å². The van der Waals surface area contributed by atoms with Gasteiger partial charge in [0.1, 0.15) is 0 Å². The molecule has 0 unspecified atom stereocenters. The van der Waals surface area contributed by atoms with E-state index >= 15 is 0 Å². The van der Waals surface area contributed by atoms with Gasteiger partial charge in [-0.2, -0.15) is 0 Å². The molecule has 0 aromatic carbocycles. The molecule has 1 aliphatic rings. The first-order valence-electron chi connectivity index (χ1n) is 6.85. The van der Waals surface area contributed by atoms with Gasteiger partial charge in [0, 0.05) is 26.1 Å². The van der Waals surface area contributed by atoms with E-state index in [2.05, 4.69) is 14.6 Å². The van der Waals surface area contributed by atoms with Crippen LogP contribution in [0.25, 0.3) is 0 Å². The van der Waals surface area contributed by atoms with Crippen molar-refractivity contribution in [3.63, 3.8) is 0 Å². The van der Waals surface area contributed by atoms with Gasteiger partial charge in [-0.05, 0) is 25.7 Å². The molecule has 0 aromatic heterocycles. The zero-order valence-electron chi connectivity index (χ0n) is 11.4. The van der Waals surface area contributed by atoms with Gasteiger partial charge in [0.05, 0.1) is 7.11 Å². The van der Waals surface area contributed by atoms with Crippen LogP contribution in [0.3, 0.4) is 0 Å². The molecule has 0 saturated carbocycles. The van der Waals surface area contributed by atoms with Gasteiger partial charge in [0.2, 0.25) is 0 Å². The molecule has 1 aliphatic heterocycles. The first kappa shape index (κ1) is 14.8. The summed E-state index contributed by atoms with van der Waals surface area (Å²) in [6, 6.07) is 0. The van der Waals surface area contributed by atoms with Gasteiger partial charge in [-0.15, -0.1) is 0 Å². The van der Waals surface area contributed by atoms with E-state index in [-0.39, 0.29) is 5.97 Å². The number of nitrogens with two attached hydrogens (primary N) is 1. The maximum atomic E-state index is 10.9. The number of carbonyl (C=O) groups excluding carboxylic acids is 1. The van der Waals surface area contributed by atoms with Gasteiger partial charge in [-0.3, -0.25) is 9.79 Å². The van der Waals surface area contributed by atoms with Crippen LogP contribution < -0.4 is 5.73 Å². The summed E-state index contributed by atoms with van der Waals surface area (Å²) in [6.45, 7) is 2.74. The molecule has 0 atom stereocenters. The highest BCUT2D eigenvalue weighted by Gasteiger charge is 2.10. The third-order valence-electron chi connectivity index (χ3n) is 3.22. The van der Waals surface area contributed by atoms with Crippen LogP contribution in [0.4, 0.5) is 0 Å². The Bertz CT molecular complexity index is 271. The van der Waals surface area contributed by atoms with Crippen molar-refractivity contribution in [2.45, 2.75) is 44.9 Å². The van der Waals surface area contributed by atoms with E-state index in [0.29, 0.717) is 18.9 Å². The normalized spacial score (nSPS) is 17.4. The Morgan fingerprint density at radius 2 is 1.89 bits per heavy atom. The summed E-state index contributed by atoms with van der Waals surface area (Å²) in [7, 11) is 1.41. The van der Waals surface area contributed by atoms with Crippen molar-refractivity contribution >= 4 is 11.9 Å². The average Bonchev–Trinajstić information content (AvgIpc) is 2.66. The predicted molar refractivity (Wildman–Crippen MR) is 72.4 cm³/mol. The smallest absolute Gasteiger partial charge is 0.305 e. The van der Waals surface area contributed by atoms with Crippen molar-refractivity contribution in [2.75, 3.05) is 26.7 Å². The lowest BCUT2D eigenvalue weighted by atomic mass is 10.2. The lowest BCUT2D eigenvalue weighted by Gasteiger charge is -2.21. The highest BCUT2D eigenvalue weighted by atomic mass is 16.5. The Balaban J connectivity index is 2.17. The number of esters is 1. The zero-order valence-corrected chi connectivity index (χ0v) is 11.4. The maximum absolute atomic E-state index is 10.9. The summed E-state index contributed by atoms with van der Waals surface area (Å²) in [4.78, 5) is 17.5. The third-order valence-corrected chi connectivity index (χ3v) is 3.22. The predicted octanol–water partition coefficient (Wildman–Crippen LogP) is 1.52. The van der Waals surface area contributed by atoms with Crippen LogP contribution in [-0.2, 0) is 9.53 Å². The Morgan fingerprint density at radius 3 is 2.50 bits per heavy atom. The number of nitrogens with zero attached hydrogens (tertiary/aromatic N) is 2. The minimum Gasteiger partial charge on any atom is -0.469 e. The molecule has 1 rings (SSSR count). The molecule has 0 radical (unpaired) electrons. The van der Waals surface area contributed by atoms with Crippen LogP contribution >= 0.6 is 0 Å². The van der Waals surface area contributed by atoms with E-state index in [9.17, 15) is 4.79 Å². The molecule has 2 N–H and O–H groups in total. The lowest BCUT2D eigenvalue weighted by Crippen LogP contribution is -2.38. The Hall–Kier alpha value is -1.26. The zero-order chi connectivity index (χ0) is 13.2. The SMILES string of the molecule is COC(=O)CCCCN=C(N)N1CCCCCC1. The number of rotatable bonds is 5. The number of methoxy groups -OCH3 is 1. The molecule has 0 aromatic rings. The monoisotopic (exact) mass is 255 g/mol. The summed E-state index contributed by atoms with van der Waals surface area (Å²) in [5, 5.41) is 0. The number of guanidine groups is 1. The van der Waals surface area contributed by atoms with E-state index in [1.165, 1.54) is 32.8 Å². The van der Waals surface area contributed by atoms with Crippen molar-refractivity contribution in [3.05, 3.63) is 0 Å². The van der Waals surface area contributed by atoms with E-state index in [1.807, 2.05) is 0 Å². The molecular formula is C13H25N3O2. The van der Waals surface area contributed by atoms with Crippen LogP contribution in [0.5, 0.6) is 0 Å². The van der Waals surface area contributed by atoms with Crippen LogP contribution in [0.15, 0.2) is 4.99 Å². The largest absolute Gasteiger partial charge is 0.469 e. The number of hydrogen-bond donors (Lipinski definition) is 1. The molecule has 1 fully saturated rings. The number of likely N-dealkylation sites (tertiary alicyclic amines) is 1. The fourth-order valence-corrected chi connectivity index (χ4v) is 2.08. The highest BCUT2D eigenvalue weighted by Crippen LogP contribution is 2.09. The van der Waals surface area contributed by atoms with Gasteiger partial charge >= 0.3 is 5.97 Å². The first-order chi connectivity index (χ1) is 8.74. The highest BCUT2D eigenvalue weighted by molar-refractivity contribution is 5.78. The molecule has 1 saturated heterocycles. The quantitative estimate of drug-likeness (QED) is 0.350. The second-order valence-electron chi connectivity index (χ2n) is 4.67. The number of carbonyl (C=O) groups is 1. The molecule has 0 amide bonds. The Morgan fingerprint density at radius 1 is 1.22 bits per heavy atom. The molecule has 5 heteroatoms. The molecular weight excluding hydrogens is 230 g/mol. The first-order valence-corrected chi connectivity index (χ1v) is 6.85. The fraction of sp³-hybridized carbons (Fsp3) is 0.846. The van der Waals surface area contributed by atoms with Crippen molar-refractivity contribution < 1.29 is 9.53 Å². The molecule has 0 bridgehead atoms. The van der Waals surface area contributed by atoms with Gasteiger partial charge in [0.15, 0.2) is 5.96 Å². The van der Waals surface area contributed by atoms with Gasteiger partial charge in [-0.1, -0.05) is 12.8 Å². The summed E-state index contributed by atoms with van der Waals surface area (Å²) in [6.07, 6.45) is 7.16. The topological polar surface area (TPSA) is 67.9 Å². The average molecular weight is 255 g/mol. The van der Waals surface area contributed by atoms with E-state index in [1.54, 1.807) is 0 Å². The molecule has 18 heavy (non-hydrogen) atoms. The Labute approximate surface area is 109 Å². The lowest BCUT2D eigenvalue weighted by molar-refractivity contribution is -0.140. The standard InChI is InChI=1S/C13H25N3O2/c1-18-12(17)8-4-5-9-15-13(14)16-10-6-2-3-7-11-16/h2-11H2,1H3,(H2,14,15). The summed E-state index contributed by atoms with van der Waals surface area (Å²) in [5.41, 5.74) is 5.97. The van der Waals surface area contributed by atoms with Crippen LogP contribution in [-0.4, -0.2) is 43.6 Å².